The van der Waals surface area contributed by atoms with E-state index in [1.54, 1.807) is 0 Å². The third-order valence-corrected chi connectivity index (χ3v) is 1.86. The van der Waals surface area contributed by atoms with Crippen molar-refractivity contribution in [3.63, 3.8) is 0 Å². The fourth-order valence-corrected chi connectivity index (χ4v) is 1.06. The molecule has 0 rings (SSSR count). The summed E-state index contributed by atoms with van der Waals surface area (Å²) in [5.41, 5.74) is 4.55. The lowest BCUT2D eigenvalue weighted by atomic mass is 10.2. The number of hydrogen-bond acceptors (Lipinski definition) is 5. The fraction of sp³-hybridized carbons (Fsp3) is 0.750. The fourth-order valence-electron chi connectivity index (χ4n) is 1.06. The summed E-state index contributed by atoms with van der Waals surface area (Å²) in [6.45, 7) is 2.65. The summed E-state index contributed by atoms with van der Waals surface area (Å²) in [4.78, 5) is 20.9. The van der Waals surface area contributed by atoms with Crippen LogP contribution in [0.25, 0.3) is 0 Å². The lowest BCUT2D eigenvalue weighted by molar-refractivity contribution is -0.138. The normalized spacial score (nSPS) is 9.73. The average Bonchev–Trinajstić information content (AvgIpc) is 2.28. The highest BCUT2D eigenvalue weighted by Gasteiger charge is 2.04. The molecule has 0 atom stereocenters. The Morgan fingerprint density at radius 3 is 2.40 bits per heavy atom. The Morgan fingerprint density at radius 2 is 1.93 bits per heavy atom. The number of hydrogen-bond donors (Lipinski definition) is 3. The molecule has 7 heteroatoms. The van der Waals surface area contributed by atoms with Gasteiger partial charge in [-0.25, -0.2) is 0 Å². The van der Waals surface area contributed by atoms with E-state index in [1.165, 1.54) is 5.01 Å². The van der Waals surface area contributed by atoms with Crippen LogP contribution in [0.1, 0.15) is 32.6 Å². The van der Waals surface area contributed by atoms with Crippen molar-refractivity contribution in [1.82, 2.24) is 21.2 Å². The number of nitrogens with one attached hydrogen (secondary N) is 2. The number of carbonyl (C=O) groups excluding carboxylic acids is 2. The number of nitrogens with zero attached hydrogens (tertiary/aromatic N) is 2. The summed E-state index contributed by atoms with van der Waals surface area (Å²) in [5, 5.41) is 2.11. The maximum absolute atomic E-state index is 10.6. The lowest BCUT2D eigenvalue weighted by Crippen LogP contribution is -2.57. The van der Waals surface area contributed by atoms with Crippen LogP contribution < -0.4 is 16.9 Å². The molecule has 0 fully saturated rings. The highest BCUT2D eigenvalue weighted by Crippen LogP contribution is 1.98. The molecular weight excluding hydrogens is 198 g/mol. The van der Waals surface area contributed by atoms with Crippen molar-refractivity contribution >= 4 is 12.8 Å². The maximum Gasteiger partial charge on any atom is 0.241 e. The van der Waals surface area contributed by atoms with Crippen LogP contribution in [-0.4, -0.2) is 29.5 Å². The van der Waals surface area contributed by atoms with E-state index in [2.05, 4.69) is 18.0 Å². The number of rotatable bonds is 10. The van der Waals surface area contributed by atoms with Crippen molar-refractivity contribution in [2.24, 2.45) is 5.84 Å². The van der Waals surface area contributed by atoms with Gasteiger partial charge in [0.25, 0.3) is 0 Å². The number of amides is 2. The number of hydrazine groups is 4. The molecule has 15 heavy (non-hydrogen) atoms. The Labute approximate surface area is 89.5 Å². The SMILES string of the molecule is CCCCCCN(C=O)NN(C=O)NN. The van der Waals surface area contributed by atoms with Crippen molar-refractivity contribution in [2.45, 2.75) is 32.6 Å². The van der Waals surface area contributed by atoms with Crippen molar-refractivity contribution in [2.75, 3.05) is 6.54 Å². The Morgan fingerprint density at radius 1 is 1.20 bits per heavy atom. The van der Waals surface area contributed by atoms with Crippen molar-refractivity contribution in [1.29, 1.82) is 0 Å². The average molecular weight is 217 g/mol. The van der Waals surface area contributed by atoms with Crippen LogP contribution in [0.3, 0.4) is 0 Å². The molecule has 0 heterocycles. The smallest absolute Gasteiger partial charge is 0.241 e. The highest BCUT2D eigenvalue weighted by molar-refractivity contribution is 5.48. The third kappa shape index (κ3) is 6.83. The molecule has 88 valence electrons. The first kappa shape index (κ1) is 13.8. The van der Waals surface area contributed by atoms with E-state index in [0.29, 0.717) is 19.4 Å². The van der Waals surface area contributed by atoms with E-state index < -0.39 is 0 Å². The summed E-state index contributed by atoms with van der Waals surface area (Å²) < 4.78 is 0. The minimum atomic E-state index is 0.433. The van der Waals surface area contributed by atoms with Crippen LogP contribution in [0.4, 0.5) is 0 Å². The summed E-state index contributed by atoms with van der Waals surface area (Å²) in [7, 11) is 0. The zero-order valence-corrected chi connectivity index (χ0v) is 8.98. The number of carbonyl (C=O) groups is 2. The first-order chi connectivity index (χ1) is 7.28. The van der Waals surface area contributed by atoms with E-state index >= 15 is 0 Å². The van der Waals surface area contributed by atoms with E-state index in [1.807, 2.05) is 0 Å². The first-order valence-corrected chi connectivity index (χ1v) is 4.97. The molecule has 0 unspecified atom stereocenters. The van der Waals surface area contributed by atoms with Crippen LogP contribution in [-0.2, 0) is 9.59 Å². The monoisotopic (exact) mass is 217 g/mol. The molecule has 0 aliphatic rings. The van der Waals surface area contributed by atoms with Crippen LogP contribution in [0.5, 0.6) is 0 Å². The van der Waals surface area contributed by atoms with Gasteiger partial charge in [-0.1, -0.05) is 26.2 Å². The minimum Gasteiger partial charge on any atom is -0.277 e. The molecule has 0 aromatic carbocycles. The molecule has 0 bridgehead atoms. The van der Waals surface area contributed by atoms with Gasteiger partial charge in [0.05, 0.1) is 0 Å². The van der Waals surface area contributed by atoms with Crippen molar-refractivity contribution in [3.05, 3.63) is 0 Å². The molecule has 0 aliphatic carbocycles. The molecule has 7 nitrogen and oxygen atoms in total. The Hall–Kier alpha value is -1.18. The summed E-state index contributed by atoms with van der Waals surface area (Å²) in [5.74, 6) is 5.00. The second-order valence-electron chi connectivity index (χ2n) is 3.06. The second-order valence-corrected chi connectivity index (χ2v) is 3.06. The summed E-state index contributed by atoms with van der Waals surface area (Å²) in [6, 6.07) is 0. The van der Waals surface area contributed by atoms with Gasteiger partial charge in [-0.2, -0.15) is 10.7 Å². The maximum atomic E-state index is 10.6. The molecule has 2 amide bonds. The van der Waals surface area contributed by atoms with E-state index in [4.69, 9.17) is 5.84 Å². The zero-order valence-electron chi connectivity index (χ0n) is 8.98. The van der Waals surface area contributed by atoms with E-state index in [9.17, 15) is 9.59 Å². The number of unbranched alkanes of at least 4 members (excludes halogenated alkanes) is 3. The minimum absolute atomic E-state index is 0.433. The van der Waals surface area contributed by atoms with E-state index in [0.717, 1.165) is 30.8 Å². The predicted molar refractivity (Wildman–Crippen MR) is 55.3 cm³/mol. The van der Waals surface area contributed by atoms with Gasteiger partial charge in [0.15, 0.2) is 0 Å². The van der Waals surface area contributed by atoms with Crippen LogP contribution >= 0.6 is 0 Å². The van der Waals surface area contributed by atoms with Crippen LogP contribution in [0.2, 0.25) is 0 Å². The Bertz CT molecular complexity index is 178. The first-order valence-electron chi connectivity index (χ1n) is 4.97. The number of nitrogens with two attached hydrogens (primary N) is 1. The zero-order chi connectivity index (χ0) is 11.5. The standard InChI is InChI=1S/C8H19N5O2/c1-2-3-4-5-6-12(7-14)11-13(8-15)10-9/h7-8,10-11H,2-6,9H2,1H3. The molecule has 0 aromatic rings. The molecule has 0 spiro atoms. The van der Waals surface area contributed by atoms with Gasteiger partial charge >= 0.3 is 0 Å². The topological polar surface area (TPSA) is 90.7 Å². The highest BCUT2D eigenvalue weighted by atomic mass is 16.2. The predicted octanol–water partition coefficient (Wildman–Crippen LogP) is -0.719. The molecule has 4 N–H and O–H groups in total. The largest absolute Gasteiger partial charge is 0.277 e. The third-order valence-electron chi connectivity index (χ3n) is 1.86. The van der Waals surface area contributed by atoms with Gasteiger partial charge < -0.3 is 0 Å². The molecule has 0 aromatic heterocycles. The summed E-state index contributed by atoms with van der Waals surface area (Å²) >= 11 is 0. The van der Waals surface area contributed by atoms with Gasteiger partial charge in [-0.05, 0) is 6.42 Å². The molecular formula is C8H19N5O2. The van der Waals surface area contributed by atoms with Crippen molar-refractivity contribution < 1.29 is 9.59 Å². The summed E-state index contributed by atoms with van der Waals surface area (Å²) in [6.07, 6.45) is 5.26. The van der Waals surface area contributed by atoms with Crippen LogP contribution in [0.15, 0.2) is 0 Å². The van der Waals surface area contributed by atoms with Gasteiger partial charge in [-0.3, -0.25) is 20.4 Å². The molecule has 0 aliphatic heterocycles. The molecule has 0 saturated carbocycles. The van der Waals surface area contributed by atoms with E-state index in [-0.39, 0.29) is 0 Å². The Balaban J connectivity index is 3.71. The van der Waals surface area contributed by atoms with Gasteiger partial charge in [-0.15, -0.1) is 5.53 Å². The van der Waals surface area contributed by atoms with Gasteiger partial charge in [0.2, 0.25) is 12.8 Å². The second kappa shape index (κ2) is 9.38. The van der Waals surface area contributed by atoms with Gasteiger partial charge in [0.1, 0.15) is 0 Å². The molecule has 0 saturated heterocycles. The van der Waals surface area contributed by atoms with Crippen molar-refractivity contribution in [3.8, 4) is 0 Å². The van der Waals surface area contributed by atoms with Gasteiger partial charge in [0, 0.05) is 6.54 Å². The quantitative estimate of drug-likeness (QED) is 0.194. The Kier molecular flexibility index (Phi) is 8.64. The van der Waals surface area contributed by atoms with Crippen LogP contribution in [0, 0.1) is 0 Å². The molecule has 0 radical (unpaired) electrons. The lowest BCUT2D eigenvalue weighted by Gasteiger charge is -2.24.